The van der Waals surface area contributed by atoms with Crippen molar-refractivity contribution in [2.24, 2.45) is 0 Å². The summed E-state index contributed by atoms with van der Waals surface area (Å²) in [6, 6.07) is 11.7. The lowest BCUT2D eigenvalue weighted by Crippen LogP contribution is -2.27. The monoisotopic (exact) mass is 559 g/mol. The van der Waals surface area contributed by atoms with Crippen LogP contribution in [0.4, 0.5) is 10.6 Å². The molecule has 11 heteroatoms. The standard InChI is InChI=1S/C21H20BrCl2N3O4S/c1-21(2,3)31-20(28)25-19-18(32(4,29)30)17(12-5-8-14(23)9-6-12)27(26-19)16-10-7-13(22)11-15(16)24/h5-11H,1-4H3,(H,25,26,28). The van der Waals surface area contributed by atoms with Crippen LogP contribution in [0, 0.1) is 0 Å². The van der Waals surface area contributed by atoms with Gasteiger partial charge in [0.05, 0.1) is 16.4 Å². The first-order valence-electron chi connectivity index (χ1n) is 9.31. The van der Waals surface area contributed by atoms with Crippen molar-refractivity contribution in [2.75, 3.05) is 11.6 Å². The number of halogens is 3. The van der Waals surface area contributed by atoms with Gasteiger partial charge in [-0.05, 0) is 51.1 Å². The Morgan fingerprint density at radius 3 is 2.28 bits per heavy atom. The normalized spacial score (nSPS) is 12.0. The Morgan fingerprint density at radius 2 is 1.75 bits per heavy atom. The van der Waals surface area contributed by atoms with Crippen LogP contribution < -0.4 is 5.32 Å². The molecule has 0 aliphatic rings. The molecule has 0 saturated heterocycles. The summed E-state index contributed by atoms with van der Waals surface area (Å²) < 4.78 is 33.1. The first-order chi connectivity index (χ1) is 14.8. The Labute approximate surface area is 204 Å². The van der Waals surface area contributed by atoms with Crippen molar-refractivity contribution in [3.05, 3.63) is 57.0 Å². The van der Waals surface area contributed by atoms with Crippen LogP contribution in [-0.2, 0) is 14.6 Å². The van der Waals surface area contributed by atoms with E-state index in [1.807, 2.05) is 0 Å². The molecule has 0 atom stereocenters. The predicted molar refractivity (Wildman–Crippen MR) is 130 cm³/mol. The van der Waals surface area contributed by atoms with Crippen molar-refractivity contribution < 1.29 is 17.9 Å². The fourth-order valence-electron chi connectivity index (χ4n) is 2.93. The van der Waals surface area contributed by atoms with Gasteiger partial charge in [0.15, 0.2) is 15.7 Å². The van der Waals surface area contributed by atoms with E-state index in [0.29, 0.717) is 21.3 Å². The Kier molecular flexibility index (Phi) is 6.95. The van der Waals surface area contributed by atoms with Gasteiger partial charge in [-0.15, -0.1) is 5.10 Å². The maximum atomic E-state index is 12.9. The number of benzene rings is 2. The van der Waals surface area contributed by atoms with E-state index < -0.39 is 21.5 Å². The van der Waals surface area contributed by atoms with Crippen molar-refractivity contribution in [2.45, 2.75) is 31.3 Å². The van der Waals surface area contributed by atoms with Gasteiger partial charge >= 0.3 is 6.09 Å². The van der Waals surface area contributed by atoms with Crippen molar-refractivity contribution in [1.29, 1.82) is 0 Å². The largest absolute Gasteiger partial charge is 0.444 e. The molecule has 32 heavy (non-hydrogen) atoms. The van der Waals surface area contributed by atoms with Gasteiger partial charge in [-0.3, -0.25) is 5.32 Å². The second kappa shape index (κ2) is 9.05. The number of anilines is 1. The molecule has 0 bridgehead atoms. The highest BCUT2D eigenvalue weighted by Gasteiger charge is 2.30. The Bertz CT molecular complexity index is 1280. The smallest absolute Gasteiger partial charge is 0.413 e. The minimum Gasteiger partial charge on any atom is -0.444 e. The predicted octanol–water partition coefficient (Wildman–Crippen LogP) is 6.36. The molecule has 0 radical (unpaired) electrons. The maximum absolute atomic E-state index is 12.9. The number of carbonyl (C=O) groups is 1. The second-order valence-electron chi connectivity index (χ2n) is 7.94. The average Bonchev–Trinajstić information content (AvgIpc) is 2.99. The Morgan fingerprint density at radius 1 is 1.12 bits per heavy atom. The molecule has 0 spiro atoms. The number of hydrogen-bond acceptors (Lipinski definition) is 5. The van der Waals surface area contributed by atoms with E-state index in [0.717, 1.165) is 10.7 Å². The van der Waals surface area contributed by atoms with Gasteiger partial charge in [0, 0.05) is 21.3 Å². The fourth-order valence-corrected chi connectivity index (χ4v) is 4.80. The topological polar surface area (TPSA) is 90.3 Å². The lowest BCUT2D eigenvalue weighted by molar-refractivity contribution is 0.0635. The molecular weight excluding hydrogens is 541 g/mol. The first-order valence-corrected chi connectivity index (χ1v) is 12.7. The summed E-state index contributed by atoms with van der Waals surface area (Å²) in [6.07, 6.45) is 0.202. The van der Waals surface area contributed by atoms with Crippen LogP contribution in [0.3, 0.4) is 0 Å². The van der Waals surface area contributed by atoms with E-state index in [4.69, 9.17) is 27.9 Å². The summed E-state index contributed by atoms with van der Waals surface area (Å²) in [6.45, 7) is 5.09. The number of amides is 1. The van der Waals surface area contributed by atoms with E-state index in [9.17, 15) is 13.2 Å². The van der Waals surface area contributed by atoms with Crippen LogP contribution in [0.25, 0.3) is 16.9 Å². The fraction of sp³-hybridized carbons (Fsp3) is 0.238. The molecule has 3 rings (SSSR count). The average molecular weight is 561 g/mol. The van der Waals surface area contributed by atoms with Crippen molar-refractivity contribution in [1.82, 2.24) is 9.78 Å². The number of nitrogens with one attached hydrogen (secondary N) is 1. The second-order valence-corrected chi connectivity index (χ2v) is 11.7. The van der Waals surface area contributed by atoms with E-state index in [-0.39, 0.29) is 16.4 Å². The minimum absolute atomic E-state index is 0.175. The molecule has 0 saturated carbocycles. The van der Waals surface area contributed by atoms with Gasteiger partial charge in [-0.1, -0.05) is 51.3 Å². The summed E-state index contributed by atoms with van der Waals surface area (Å²) in [4.78, 5) is 12.3. The number of hydrogen-bond donors (Lipinski definition) is 1. The van der Waals surface area contributed by atoms with Crippen LogP contribution in [0.15, 0.2) is 51.8 Å². The van der Waals surface area contributed by atoms with Gasteiger partial charge in [0.25, 0.3) is 0 Å². The third kappa shape index (κ3) is 5.64. The third-order valence-electron chi connectivity index (χ3n) is 4.09. The quantitative estimate of drug-likeness (QED) is 0.401. The number of aromatic nitrogens is 2. The Balaban J connectivity index is 2.31. The van der Waals surface area contributed by atoms with Gasteiger partial charge in [0.1, 0.15) is 10.5 Å². The van der Waals surface area contributed by atoms with Gasteiger partial charge in [-0.2, -0.15) is 0 Å². The van der Waals surface area contributed by atoms with E-state index >= 15 is 0 Å². The van der Waals surface area contributed by atoms with E-state index in [1.165, 1.54) is 4.68 Å². The Hall–Kier alpha value is -2.07. The highest BCUT2D eigenvalue weighted by atomic mass is 79.9. The summed E-state index contributed by atoms with van der Waals surface area (Å²) in [5, 5.41) is 7.67. The summed E-state index contributed by atoms with van der Waals surface area (Å²) in [5.41, 5.74) is 0.367. The van der Waals surface area contributed by atoms with E-state index in [2.05, 4.69) is 26.3 Å². The van der Waals surface area contributed by atoms with Crippen LogP contribution in [0.1, 0.15) is 20.8 Å². The number of ether oxygens (including phenoxy) is 1. The molecule has 1 heterocycles. The molecule has 0 aliphatic heterocycles. The van der Waals surface area contributed by atoms with E-state index in [1.54, 1.807) is 63.2 Å². The van der Waals surface area contributed by atoms with Gasteiger partial charge in [0.2, 0.25) is 0 Å². The highest BCUT2D eigenvalue weighted by Crippen LogP contribution is 2.38. The van der Waals surface area contributed by atoms with Crippen LogP contribution >= 0.6 is 39.1 Å². The minimum atomic E-state index is -3.86. The summed E-state index contributed by atoms with van der Waals surface area (Å²) in [5.74, 6) is -0.175. The molecule has 1 aromatic heterocycles. The molecular formula is C21H20BrCl2N3O4S. The van der Waals surface area contributed by atoms with Crippen molar-refractivity contribution in [3.8, 4) is 16.9 Å². The molecule has 3 aromatic rings. The molecule has 0 unspecified atom stereocenters. The van der Waals surface area contributed by atoms with Gasteiger partial charge < -0.3 is 4.74 Å². The molecule has 1 N–H and O–H groups in total. The molecule has 2 aromatic carbocycles. The molecule has 1 amide bonds. The number of rotatable bonds is 4. The van der Waals surface area contributed by atoms with Crippen LogP contribution in [-0.4, -0.2) is 36.1 Å². The molecule has 0 fully saturated rings. The SMILES string of the molecule is CC(C)(C)OC(=O)Nc1nn(-c2ccc(Br)cc2Cl)c(-c2ccc(Cl)cc2)c1S(C)(=O)=O. The van der Waals surface area contributed by atoms with Crippen molar-refractivity contribution >= 4 is 60.9 Å². The maximum Gasteiger partial charge on any atom is 0.413 e. The molecule has 0 aliphatic carbocycles. The van der Waals surface area contributed by atoms with Crippen LogP contribution in [0.5, 0.6) is 0 Å². The third-order valence-corrected chi connectivity index (χ3v) is 6.26. The lowest BCUT2D eigenvalue weighted by Gasteiger charge is -2.19. The first kappa shape index (κ1) is 24.6. The molecule has 170 valence electrons. The lowest BCUT2D eigenvalue weighted by atomic mass is 10.1. The zero-order valence-corrected chi connectivity index (χ0v) is 21.5. The summed E-state index contributed by atoms with van der Waals surface area (Å²) in [7, 11) is -3.86. The summed E-state index contributed by atoms with van der Waals surface area (Å²) >= 11 is 15.8. The zero-order chi connectivity index (χ0) is 23.8. The van der Waals surface area contributed by atoms with Crippen LogP contribution in [0.2, 0.25) is 10.0 Å². The molecule has 7 nitrogen and oxygen atoms in total. The van der Waals surface area contributed by atoms with Gasteiger partial charge in [-0.25, -0.2) is 17.9 Å². The number of nitrogens with zero attached hydrogens (tertiary/aromatic N) is 2. The zero-order valence-electron chi connectivity index (χ0n) is 17.6. The number of carbonyl (C=O) groups excluding carboxylic acids is 1. The van der Waals surface area contributed by atoms with Crippen molar-refractivity contribution in [3.63, 3.8) is 0 Å². The highest BCUT2D eigenvalue weighted by molar-refractivity contribution is 9.10. The number of sulfone groups is 1.